The van der Waals surface area contributed by atoms with E-state index in [1.165, 1.54) is 0 Å². The molecule has 1 aromatic heterocycles. The van der Waals surface area contributed by atoms with Crippen LogP contribution in [0.4, 0.5) is 0 Å². The van der Waals surface area contributed by atoms with Gasteiger partial charge < -0.3 is 15.0 Å². The molecule has 0 spiro atoms. The lowest BCUT2D eigenvalue weighted by Crippen LogP contribution is -2.33. The minimum absolute atomic E-state index is 0.128. The Morgan fingerprint density at radius 1 is 1.59 bits per heavy atom. The van der Waals surface area contributed by atoms with Crippen molar-refractivity contribution in [2.75, 3.05) is 6.61 Å². The molecule has 1 unspecified atom stereocenters. The van der Waals surface area contributed by atoms with Gasteiger partial charge in [0.25, 0.3) is 5.56 Å². The Morgan fingerprint density at radius 3 is 3.06 bits per heavy atom. The van der Waals surface area contributed by atoms with Crippen LogP contribution in [-0.4, -0.2) is 22.3 Å². The Labute approximate surface area is 105 Å². The van der Waals surface area contributed by atoms with Crippen molar-refractivity contribution in [1.29, 1.82) is 0 Å². The number of thiocarbonyl (C=S) groups is 1. The van der Waals surface area contributed by atoms with Gasteiger partial charge in [0.2, 0.25) is 0 Å². The summed E-state index contributed by atoms with van der Waals surface area (Å²) in [7, 11) is 0. The summed E-state index contributed by atoms with van der Waals surface area (Å²) in [5.41, 5.74) is 5.77. The van der Waals surface area contributed by atoms with Gasteiger partial charge in [-0.2, -0.15) is 0 Å². The van der Waals surface area contributed by atoms with Gasteiger partial charge in [0.15, 0.2) is 0 Å². The molecular weight excluding hydrogens is 236 g/mol. The van der Waals surface area contributed by atoms with Crippen LogP contribution in [0.25, 0.3) is 0 Å². The van der Waals surface area contributed by atoms with Gasteiger partial charge in [0.05, 0.1) is 18.2 Å². The predicted octanol–water partition coefficient (Wildman–Crippen LogP) is 1.05. The normalized spacial score (nSPS) is 20.1. The minimum Gasteiger partial charge on any atom is -0.389 e. The zero-order chi connectivity index (χ0) is 12.3. The first kappa shape index (κ1) is 12.3. The van der Waals surface area contributed by atoms with Gasteiger partial charge in [-0.05, 0) is 31.4 Å². The molecule has 4 nitrogen and oxygen atoms in total. The van der Waals surface area contributed by atoms with Crippen molar-refractivity contribution >= 4 is 17.2 Å². The van der Waals surface area contributed by atoms with Gasteiger partial charge in [0, 0.05) is 12.8 Å². The molecule has 0 saturated carbocycles. The highest BCUT2D eigenvalue weighted by atomic mass is 32.1. The second kappa shape index (κ2) is 5.42. The molecule has 2 heterocycles. The van der Waals surface area contributed by atoms with E-state index in [9.17, 15) is 4.79 Å². The number of ether oxygens (including phenoxy) is 1. The van der Waals surface area contributed by atoms with Crippen LogP contribution in [-0.2, 0) is 11.3 Å². The molecule has 2 rings (SSSR count). The first-order valence-electron chi connectivity index (χ1n) is 5.79. The number of rotatable bonds is 3. The molecule has 1 aliphatic rings. The monoisotopic (exact) mass is 252 g/mol. The Hall–Kier alpha value is -1.20. The van der Waals surface area contributed by atoms with Gasteiger partial charge in [0.1, 0.15) is 4.99 Å². The van der Waals surface area contributed by atoms with Gasteiger partial charge in [-0.25, -0.2) is 0 Å². The smallest absolute Gasteiger partial charge is 0.260 e. The minimum atomic E-state index is -0.130. The van der Waals surface area contributed by atoms with Crippen molar-refractivity contribution in [3.63, 3.8) is 0 Å². The second-order valence-corrected chi connectivity index (χ2v) is 4.67. The molecule has 0 bridgehead atoms. The number of hydrogen-bond acceptors (Lipinski definition) is 3. The zero-order valence-corrected chi connectivity index (χ0v) is 10.4. The fourth-order valence-corrected chi connectivity index (χ4v) is 2.19. The molecule has 0 aliphatic carbocycles. The van der Waals surface area contributed by atoms with Crippen LogP contribution in [0.5, 0.6) is 0 Å². The van der Waals surface area contributed by atoms with E-state index in [2.05, 4.69) is 0 Å². The van der Waals surface area contributed by atoms with Crippen LogP contribution in [0.3, 0.4) is 0 Å². The van der Waals surface area contributed by atoms with Crippen LogP contribution in [0, 0.1) is 0 Å². The third-order valence-electron chi connectivity index (χ3n) is 2.96. The Morgan fingerprint density at radius 2 is 2.41 bits per heavy atom. The van der Waals surface area contributed by atoms with Crippen LogP contribution >= 0.6 is 12.2 Å². The maximum Gasteiger partial charge on any atom is 0.260 e. The largest absolute Gasteiger partial charge is 0.389 e. The fourth-order valence-electron chi connectivity index (χ4n) is 2.04. The highest BCUT2D eigenvalue weighted by molar-refractivity contribution is 7.80. The molecule has 0 amide bonds. The van der Waals surface area contributed by atoms with Crippen molar-refractivity contribution in [3.8, 4) is 0 Å². The quantitative estimate of drug-likeness (QED) is 0.817. The third-order valence-corrected chi connectivity index (χ3v) is 3.18. The van der Waals surface area contributed by atoms with Crippen LogP contribution in [0.1, 0.15) is 24.8 Å². The topological polar surface area (TPSA) is 57.2 Å². The summed E-state index contributed by atoms with van der Waals surface area (Å²) in [6, 6.07) is 3.45. The van der Waals surface area contributed by atoms with E-state index in [0.29, 0.717) is 12.1 Å². The molecule has 0 aromatic carbocycles. The first-order valence-corrected chi connectivity index (χ1v) is 6.20. The average Bonchev–Trinajstić information content (AvgIpc) is 2.33. The molecular formula is C12H16N2O2S. The molecule has 1 atom stereocenters. The number of pyridine rings is 1. The first-order chi connectivity index (χ1) is 8.18. The molecule has 2 N–H and O–H groups in total. The Kier molecular flexibility index (Phi) is 3.91. The van der Waals surface area contributed by atoms with E-state index in [-0.39, 0.29) is 16.7 Å². The zero-order valence-electron chi connectivity index (χ0n) is 9.59. The lowest BCUT2D eigenvalue weighted by molar-refractivity contribution is 0.00542. The number of hydrogen-bond donors (Lipinski definition) is 1. The summed E-state index contributed by atoms with van der Waals surface area (Å²) in [5.74, 6) is 0. The Bertz CT molecular complexity index is 464. The molecule has 1 saturated heterocycles. The summed E-state index contributed by atoms with van der Waals surface area (Å²) >= 11 is 4.85. The van der Waals surface area contributed by atoms with Crippen LogP contribution in [0.15, 0.2) is 23.1 Å². The SMILES string of the molecule is NC(=S)c1cccn(CC2CCCCO2)c1=O. The maximum atomic E-state index is 12.0. The van der Waals surface area contributed by atoms with E-state index in [1.807, 2.05) is 0 Å². The average molecular weight is 252 g/mol. The summed E-state index contributed by atoms with van der Waals surface area (Å²) in [4.78, 5) is 12.2. The highest BCUT2D eigenvalue weighted by Crippen LogP contribution is 2.13. The molecule has 17 heavy (non-hydrogen) atoms. The van der Waals surface area contributed by atoms with E-state index < -0.39 is 0 Å². The van der Waals surface area contributed by atoms with E-state index >= 15 is 0 Å². The van der Waals surface area contributed by atoms with Crippen molar-refractivity contribution in [2.45, 2.75) is 31.9 Å². The Balaban J connectivity index is 2.18. The summed E-state index contributed by atoms with van der Waals surface area (Å²) in [6.45, 7) is 1.36. The summed E-state index contributed by atoms with van der Waals surface area (Å²) < 4.78 is 7.24. The van der Waals surface area contributed by atoms with Crippen molar-refractivity contribution < 1.29 is 4.74 Å². The summed E-state index contributed by atoms with van der Waals surface area (Å²) in [5, 5.41) is 0. The van der Waals surface area contributed by atoms with E-state index in [1.54, 1.807) is 22.9 Å². The van der Waals surface area contributed by atoms with Gasteiger partial charge in [-0.15, -0.1) is 0 Å². The maximum absolute atomic E-state index is 12.0. The second-order valence-electron chi connectivity index (χ2n) is 4.23. The van der Waals surface area contributed by atoms with E-state index in [4.69, 9.17) is 22.7 Å². The molecule has 1 fully saturated rings. The van der Waals surface area contributed by atoms with Gasteiger partial charge >= 0.3 is 0 Å². The van der Waals surface area contributed by atoms with Crippen molar-refractivity contribution in [1.82, 2.24) is 4.57 Å². The van der Waals surface area contributed by atoms with E-state index in [0.717, 1.165) is 25.9 Å². The van der Waals surface area contributed by atoms with Crippen molar-refractivity contribution in [3.05, 3.63) is 34.2 Å². The van der Waals surface area contributed by atoms with Gasteiger partial charge in [-0.3, -0.25) is 4.79 Å². The molecule has 92 valence electrons. The molecule has 1 aliphatic heterocycles. The number of nitrogens with zero attached hydrogens (tertiary/aromatic N) is 1. The predicted molar refractivity (Wildman–Crippen MR) is 70.2 cm³/mol. The molecule has 0 radical (unpaired) electrons. The lowest BCUT2D eigenvalue weighted by atomic mass is 10.1. The number of aromatic nitrogens is 1. The fraction of sp³-hybridized carbons (Fsp3) is 0.500. The van der Waals surface area contributed by atoms with Crippen LogP contribution < -0.4 is 11.3 Å². The number of nitrogens with two attached hydrogens (primary N) is 1. The standard InChI is InChI=1S/C12H16N2O2S/c13-11(17)10-5-3-6-14(12(10)15)8-9-4-1-2-7-16-9/h3,5-6,9H,1-2,4,7-8H2,(H2,13,17). The van der Waals surface area contributed by atoms with Crippen LogP contribution in [0.2, 0.25) is 0 Å². The molecule has 1 aromatic rings. The van der Waals surface area contributed by atoms with Gasteiger partial charge in [-0.1, -0.05) is 12.2 Å². The third kappa shape index (κ3) is 2.92. The molecule has 5 heteroatoms. The lowest BCUT2D eigenvalue weighted by Gasteiger charge is -2.23. The summed E-state index contributed by atoms with van der Waals surface area (Å²) in [6.07, 6.45) is 5.15. The highest BCUT2D eigenvalue weighted by Gasteiger charge is 2.15. The van der Waals surface area contributed by atoms with Crippen molar-refractivity contribution in [2.24, 2.45) is 5.73 Å².